The molecule has 0 aliphatic rings. The lowest BCUT2D eigenvalue weighted by molar-refractivity contribution is 0.568. The predicted molar refractivity (Wildman–Crippen MR) is 78.8 cm³/mol. The molecule has 0 fully saturated rings. The molecule has 0 bridgehead atoms. The Hall–Kier alpha value is -1.99. The number of benzene rings is 1. The Bertz CT molecular complexity index is 705. The number of nitrogens with zero attached hydrogens (tertiary/aromatic N) is 1. The summed E-state index contributed by atoms with van der Waals surface area (Å²) < 4.78 is 40.6. The zero-order chi connectivity index (χ0) is 15.3. The molecule has 21 heavy (non-hydrogen) atoms. The molecular weight excluding hydrogens is 293 g/mol. The topological polar surface area (TPSA) is 71.1 Å². The first-order chi connectivity index (χ1) is 10.0. The van der Waals surface area contributed by atoms with E-state index < -0.39 is 15.8 Å². The number of halogens is 1. The molecule has 0 unspecified atom stereocenters. The van der Waals surface area contributed by atoms with Gasteiger partial charge in [-0.05, 0) is 36.4 Å². The number of hydrogen-bond acceptors (Lipinski definition) is 4. The highest BCUT2D eigenvalue weighted by atomic mass is 32.2. The lowest BCUT2D eigenvalue weighted by Crippen LogP contribution is -2.16. The number of aromatic nitrogens is 1. The highest BCUT2D eigenvalue weighted by Crippen LogP contribution is 2.19. The maximum Gasteiger partial charge on any atom is 0.264 e. The fourth-order valence-corrected chi connectivity index (χ4v) is 2.94. The molecule has 0 amide bonds. The molecule has 5 nitrogen and oxygen atoms in total. The van der Waals surface area contributed by atoms with Gasteiger partial charge in [0.15, 0.2) is 0 Å². The van der Waals surface area contributed by atoms with E-state index in [1.54, 1.807) is 18.2 Å². The molecule has 0 saturated carbocycles. The van der Waals surface area contributed by atoms with Crippen molar-refractivity contribution in [3.05, 3.63) is 54.1 Å². The zero-order valence-corrected chi connectivity index (χ0v) is 12.3. The number of sulfonamides is 1. The second kappa shape index (κ2) is 6.64. The van der Waals surface area contributed by atoms with E-state index in [0.717, 1.165) is 12.6 Å². The fourth-order valence-electron chi connectivity index (χ4n) is 1.77. The monoisotopic (exact) mass is 309 g/mol. The predicted octanol–water partition coefficient (Wildman–Crippen LogP) is 2.13. The summed E-state index contributed by atoms with van der Waals surface area (Å²) in [5.41, 5.74) is 0.985. The maximum atomic E-state index is 13.8. The van der Waals surface area contributed by atoms with Crippen molar-refractivity contribution in [1.82, 2.24) is 10.3 Å². The van der Waals surface area contributed by atoms with Crippen molar-refractivity contribution in [2.45, 2.75) is 18.4 Å². The van der Waals surface area contributed by atoms with E-state index in [0.29, 0.717) is 12.1 Å². The third kappa shape index (κ3) is 3.99. The number of anilines is 1. The summed E-state index contributed by atoms with van der Waals surface area (Å²) in [6, 6.07) is 7.18. The van der Waals surface area contributed by atoms with E-state index in [-0.39, 0.29) is 10.6 Å². The van der Waals surface area contributed by atoms with Crippen LogP contribution in [0.1, 0.15) is 12.5 Å². The first-order valence-corrected chi connectivity index (χ1v) is 7.93. The van der Waals surface area contributed by atoms with Crippen LogP contribution in [0.3, 0.4) is 0 Å². The van der Waals surface area contributed by atoms with Crippen molar-refractivity contribution in [1.29, 1.82) is 0 Å². The van der Waals surface area contributed by atoms with Crippen LogP contribution in [0.4, 0.5) is 10.1 Å². The van der Waals surface area contributed by atoms with Crippen LogP contribution in [0.5, 0.6) is 0 Å². The summed E-state index contributed by atoms with van der Waals surface area (Å²) in [6.07, 6.45) is 2.88. The Morgan fingerprint density at radius 3 is 2.76 bits per heavy atom. The van der Waals surface area contributed by atoms with E-state index >= 15 is 0 Å². The minimum Gasteiger partial charge on any atom is -0.313 e. The SMILES string of the molecule is CCNCc1ccc(F)c(S(=O)(=O)Nc2cccnc2)c1. The Kier molecular flexibility index (Phi) is 4.87. The van der Waals surface area contributed by atoms with E-state index in [2.05, 4.69) is 15.0 Å². The van der Waals surface area contributed by atoms with Gasteiger partial charge in [0.2, 0.25) is 0 Å². The van der Waals surface area contributed by atoms with Gasteiger partial charge in [-0.2, -0.15) is 0 Å². The zero-order valence-electron chi connectivity index (χ0n) is 11.5. The molecule has 0 radical (unpaired) electrons. The van der Waals surface area contributed by atoms with Crippen LogP contribution in [-0.2, 0) is 16.6 Å². The van der Waals surface area contributed by atoms with E-state index in [1.807, 2.05) is 6.92 Å². The van der Waals surface area contributed by atoms with Gasteiger partial charge in [0.1, 0.15) is 10.7 Å². The summed E-state index contributed by atoms with van der Waals surface area (Å²) in [5.74, 6) is -0.786. The van der Waals surface area contributed by atoms with Gasteiger partial charge in [-0.3, -0.25) is 9.71 Å². The van der Waals surface area contributed by atoms with Crippen LogP contribution in [0.2, 0.25) is 0 Å². The molecule has 0 aliphatic carbocycles. The van der Waals surface area contributed by atoms with Crippen molar-refractivity contribution in [3.63, 3.8) is 0 Å². The Morgan fingerprint density at radius 1 is 1.29 bits per heavy atom. The smallest absolute Gasteiger partial charge is 0.264 e. The average molecular weight is 309 g/mol. The van der Waals surface area contributed by atoms with Gasteiger partial charge in [0, 0.05) is 12.7 Å². The number of rotatable bonds is 6. The molecule has 7 heteroatoms. The van der Waals surface area contributed by atoms with Gasteiger partial charge < -0.3 is 5.32 Å². The third-order valence-corrected chi connectivity index (χ3v) is 4.17. The molecule has 1 aromatic carbocycles. The Balaban J connectivity index is 2.30. The van der Waals surface area contributed by atoms with Crippen molar-refractivity contribution < 1.29 is 12.8 Å². The highest BCUT2D eigenvalue weighted by Gasteiger charge is 2.19. The first kappa shape index (κ1) is 15.4. The number of nitrogens with one attached hydrogen (secondary N) is 2. The minimum absolute atomic E-state index is 0.286. The summed E-state index contributed by atoms with van der Waals surface area (Å²) in [6.45, 7) is 3.16. The molecule has 0 saturated heterocycles. The first-order valence-electron chi connectivity index (χ1n) is 6.45. The van der Waals surface area contributed by atoms with E-state index in [4.69, 9.17) is 0 Å². The molecule has 1 heterocycles. The molecule has 0 spiro atoms. The molecule has 2 aromatic rings. The fraction of sp³-hybridized carbons (Fsp3) is 0.214. The van der Waals surface area contributed by atoms with Crippen LogP contribution in [0.25, 0.3) is 0 Å². The van der Waals surface area contributed by atoms with Gasteiger partial charge in [-0.1, -0.05) is 13.0 Å². The highest BCUT2D eigenvalue weighted by molar-refractivity contribution is 7.92. The molecule has 112 valence electrons. The van der Waals surface area contributed by atoms with Gasteiger partial charge in [-0.15, -0.1) is 0 Å². The Morgan fingerprint density at radius 2 is 2.10 bits per heavy atom. The summed E-state index contributed by atoms with van der Waals surface area (Å²) in [7, 11) is -3.98. The second-order valence-corrected chi connectivity index (χ2v) is 6.04. The lowest BCUT2D eigenvalue weighted by atomic mass is 10.2. The maximum absolute atomic E-state index is 13.8. The minimum atomic E-state index is -3.98. The molecule has 2 N–H and O–H groups in total. The second-order valence-electron chi connectivity index (χ2n) is 4.39. The van der Waals surface area contributed by atoms with Crippen LogP contribution in [0, 0.1) is 5.82 Å². The van der Waals surface area contributed by atoms with E-state index in [1.165, 1.54) is 18.5 Å². The normalized spacial score (nSPS) is 11.3. The summed E-state index contributed by atoms with van der Waals surface area (Å²) in [4.78, 5) is 3.44. The van der Waals surface area contributed by atoms with Crippen molar-refractivity contribution in [3.8, 4) is 0 Å². The van der Waals surface area contributed by atoms with Crippen LogP contribution in [-0.4, -0.2) is 19.9 Å². The number of pyridine rings is 1. The summed E-state index contributed by atoms with van der Waals surface area (Å²) >= 11 is 0. The van der Waals surface area contributed by atoms with E-state index in [9.17, 15) is 12.8 Å². The largest absolute Gasteiger partial charge is 0.313 e. The third-order valence-electron chi connectivity index (χ3n) is 2.78. The van der Waals surface area contributed by atoms with Gasteiger partial charge in [0.25, 0.3) is 10.0 Å². The lowest BCUT2D eigenvalue weighted by Gasteiger charge is -2.10. The quantitative estimate of drug-likeness (QED) is 0.857. The van der Waals surface area contributed by atoms with Crippen molar-refractivity contribution >= 4 is 15.7 Å². The molecule has 0 aliphatic heterocycles. The van der Waals surface area contributed by atoms with Crippen LogP contribution in [0.15, 0.2) is 47.6 Å². The van der Waals surface area contributed by atoms with Crippen LogP contribution < -0.4 is 10.0 Å². The molecular formula is C14H16FN3O2S. The van der Waals surface area contributed by atoms with Gasteiger partial charge >= 0.3 is 0 Å². The molecule has 2 rings (SSSR count). The van der Waals surface area contributed by atoms with Crippen LogP contribution >= 0.6 is 0 Å². The standard InChI is InChI=1S/C14H16FN3O2S/c1-2-16-9-11-5-6-13(15)14(8-11)21(19,20)18-12-4-3-7-17-10-12/h3-8,10,16,18H,2,9H2,1H3. The average Bonchev–Trinajstić information content (AvgIpc) is 2.47. The Labute approximate surface area is 123 Å². The molecule has 0 atom stereocenters. The van der Waals surface area contributed by atoms with Crippen molar-refractivity contribution in [2.75, 3.05) is 11.3 Å². The number of hydrogen-bond donors (Lipinski definition) is 2. The molecule has 1 aromatic heterocycles. The van der Waals surface area contributed by atoms with Crippen molar-refractivity contribution in [2.24, 2.45) is 0 Å². The summed E-state index contributed by atoms with van der Waals surface area (Å²) in [5, 5.41) is 3.06. The van der Waals surface area contributed by atoms with Gasteiger partial charge in [0.05, 0.1) is 11.9 Å². The van der Waals surface area contributed by atoms with Gasteiger partial charge in [-0.25, -0.2) is 12.8 Å².